The largest absolute Gasteiger partial charge is 0.381 e. The van der Waals surface area contributed by atoms with Crippen LogP contribution >= 0.6 is 0 Å². The summed E-state index contributed by atoms with van der Waals surface area (Å²) in [6.07, 6.45) is 4.91. The lowest BCUT2D eigenvalue weighted by molar-refractivity contribution is 0.0295. The van der Waals surface area contributed by atoms with Crippen molar-refractivity contribution in [2.24, 2.45) is 5.41 Å². The summed E-state index contributed by atoms with van der Waals surface area (Å²) in [5.74, 6) is 0. The third kappa shape index (κ3) is 3.31. The van der Waals surface area contributed by atoms with Gasteiger partial charge in [-0.2, -0.15) is 4.31 Å². The van der Waals surface area contributed by atoms with Crippen molar-refractivity contribution in [2.45, 2.75) is 43.4 Å². The summed E-state index contributed by atoms with van der Waals surface area (Å²) in [4.78, 5) is 2.55. The Labute approximate surface area is 139 Å². The first-order valence-electron chi connectivity index (χ1n) is 8.98. The normalized spacial score (nSPS) is 35.7. The Morgan fingerprint density at radius 3 is 2.43 bits per heavy atom. The predicted molar refractivity (Wildman–Crippen MR) is 86.8 cm³/mol. The molecule has 6 nitrogen and oxygen atoms in total. The van der Waals surface area contributed by atoms with Crippen molar-refractivity contribution in [3.8, 4) is 0 Å². The van der Waals surface area contributed by atoms with E-state index in [1.54, 1.807) is 4.31 Å². The van der Waals surface area contributed by atoms with Crippen LogP contribution in [-0.4, -0.2) is 81.5 Å². The van der Waals surface area contributed by atoms with Crippen LogP contribution in [0.2, 0.25) is 0 Å². The fourth-order valence-electron chi connectivity index (χ4n) is 4.33. The van der Waals surface area contributed by atoms with Gasteiger partial charge in [-0.05, 0) is 38.6 Å². The SMILES string of the molecule is O=S(=O)(C1CC1)N1CCOCC2(CCN(C3CCOCC3)C2)C1. The van der Waals surface area contributed by atoms with Gasteiger partial charge in [-0.25, -0.2) is 8.42 Å². The summed E-state index contributed by atoms with van der Waals surface area (Å²) in [7, 11) is -3.10. The first kappa shape index (κ1) is 16.3. The minimum atomic E-state index is -3.10. The first-order chi connectivity index (χ1) is 11.1. The van der Waals surface area contributed by atoms with Crippen molar-refractivity contribution in [1.29, 1.82) is 0 Å². The van der Waals surface area contributed by atoms with Gasteiger partial charge in [0.2, 0.25) is 10.0 Å². The van der Waals surface area contributed by atoms with E-state index in [9.17, 15) is 8.42 Å². The molecule has 0 aromatic carbocycles. The van der Waals surface area contributed by atoms with Crippen molar-refractivity contribution >= 4 is 10.0 Å². The molecule has 3 heterocycles. The molecule has 4 rings (SSSR count). The zero-order valence-electron chi connectivity index (χ0n) is 13.8. The highest BCUT2D eigenvalue weighted by Gasteiger charge is 2.48. The molecule has 1 saturated carbocycles. The average molecular weight is 344 g/mol. The highest BCUT2D eigenvalue weighted by Crippen LogP contribution is 2.39. The molecule has 0 aromatic heterocycles. The molecule has 4 aliphatic rings. The van der Waals surface area contributed by atoms with E-state index in [0.29, 0.717) is 32.3 Å². The van der Waals surface area contributed by atoms with E-state index < -0.39 is 10.0 Å². The van der Waals surface area contributed by atoms with Gasteiger partial charge in [0.15, 0.2) is 0 Å². The molecular weight excluding hydrogens is 316 g/mol. The van der Waals surface area contributed by atoms with E-state index in [4.69, 9.17) is 9.47 Å². The summed E-state index contributed by atoms with van der Waals surface area (Å²) in [5.41, 5.74) is -0.0171. The van der Waals surface area contributed by atoms with Gasteiger partial charge in [0.1, 0.15) is 0 Å². The molecule has 1 unspecified atom stereocenters. The molecule has 4 fully saturated rings. The summed E-state index contributed by atoms with van der Waals surface area (Å²) in [6.45, 7) is 6.14. The molecule has 3 aliphatic heterocycles. The maximum Gasteiger partial charge on any atom is 0.217 e. The fourth-order valence-corrected chi connectivity index (χ4v) is 6.26. The van der Waals surface area contributed by atoms with Crippen LogP contribution in [0.4, 0.5) is 0 Å². The molecule has 0 N–H and O–H groups in total. The van der Waals surface area contributed by atoms with E-state index in [1.807, 2.05) is 0 Å². The highest BCUT2D eigenvalue weighted by atomic mass is 32.2. The number of sulfonamides is 1. The first-order valence-corrected chi connectivity index (χ1v) is 10.5. The third-order valence-corrected chi connectivity index (χ3v) is 8.23. The summed E-state index contributed by atoms with van der Waals surface area (Å²) in [5, 5.41) is -0.120. The molecule has 1 aliphatic carbocycles. The molecule has 0 aromatic rings. The second-order valence-electron chi connectivity index (χ2n) is 7.69. The lowest BCUT2D eigenvalue weighted by Crippen LogP contribution is -2.46. The predicted octanol–water partition coefficient (Wildman–Crippen LogP) is 0.682. The maximum atomic E-state index is 12.7. The van der Waals surface area contributed by atoms with E-state index in [1.165, 1.54) is 0 Å². The van der Waals surface area contributed by atoms with Crippen molar-refractivity contribution in [1.82, 2.24) is 9.21 Å². The number of ether oxygens (including phenoxy) is 2. The number of hydrogen-bond donors (Lipinski definition) is 0. The molecule has 132 valence electrons. The van der Waals surface area contributed by atoms with Crippen LogP contribution in [0.25, 0.3) is 0 Å². The van der Waals surface area contributed by atoms with Gasteiger partial charge < -0.3 is 9.47 Å². The number of hydrogen-bond acceptors (Lipinski definition) is 5. The van der Waals surface area contributed by atoms with Crippen LogP contribution in [0, 0.1) is 5.41 Å². The van der Waals surface area contributed by atoms with Crippen LogP contribution in [0.5, 0.6) is 0 Å². The van der Waals surface area contributed by atoms with Crippen molar-refractivity contribution in [3.63, 3.8) is 0 Å². The van der Waals surface area contributed by atoms with Gasteiger partial charge in [-0.1, -0.05) is 0 Å². The Kier molecular flexibility index (Phi) is 4.43. The monoisotopic (exact) mass is 344 g/mol. The second kappa shape index (κ2) is 6.26. The van der Waals surface area contributed by atoms with Crippen molar-refractivity contribution in [2.75, 3.05) is 52.6 Å². The minimum absolute atomic E-state index is 0.0171. The summed E-state index contributed by atoms with van der Waals surface area (Å²) in [6, 6.07) is 0.597. The van der Waals surface area contributed by atoms with Crippen LogP contribution in [-0.2, 0) is 19.5 Å². The zero-order chi connectivity index (χ0) is 15.9. The maximum absolute atomic E-state index is 12.7. The Hall–Kier alpha value is -0.210. The molecule has 3 saturated heterocycles. The minimum Gasteiger partial charge on any atom is -0.381 e. The van der Waals surface area contributed by atoms with Gasteiger partial charge in [0.25, 0.3) is 0 Å². The zero-order valence-corrected chi connectivity index (χ0v) is 14.6. The van der Waals surface area contributed by atoms with Crippen molar-refractivity contribution < 1.29 is 17.9 Å². The van der Waals surface area contributed by atoms with E-state index in [2.05, 4.69) is 4.90 Å². The third-order valence-electron chi connectivity index (χ3n) is 5.89. The molecule has 7 heteroatoms. The number of nitrogens with zero attached hydrogens (tertiary/aromatic N) is 2. The number of rotatable bonds is 3. The Bertz CT molecular complexity index is 530. The number of likely N-dealkylation sites (tertiary alicyclic amines) is 1. The van der Waals surface area contributed by atoms with Gasteiger partial charge >= 0.3 is 0 Å². The fraction of sp³-hybridized carbons (Fsp3) is 1.00. The van der Waals surface area contributed by atoms with Crippen LogP contribution in [0.3, 0.4) is 0 Å². The topological polar surface area (TPSA) is 59.1 Å². The standard InChI is InChI=1S/C16H28N2O4S/c19-23(20,15-1-2-15)18-7-10-22-13-16(12-18)5-6-17(11-16)14-3-8-21-9-4-14/h14-15H,1-13H2. The lowest BCUT2D eigenvalue weighted by atomic mass is 9.88. The Morgan fingerprint density at radius 2 is 1.70 bits per heavy atom. The molecule has 1 spiro atoms. The molecule has 0 bridgehead atoms. The van der Waals surface area contributed by atoms with E-state index in [0.717, 1.165) is 58.4 Å². The van der Waals surface area contributed by atoms with E-state index >= 15 is 0 Å². The molecule has 0 amide bonds. The Balaban J connectivity index is 1.46. The van der Waals surface area contributed by atoms with Crippen LogP contribution < -0.4 is 0 Å². The molecule has 1 atom stereocenters. The summed E-state index contributed by atoms with van der Waals surface area (Å²) < 4.78 is 38.4. The van der Waals surface area contributed by atoms with E-state index in [-0.39, 0.29) is 10.7 Å². The molecular formula is C16H28N2O4S. The van der Waals surface area contributed by atoms with Crippen LogP contribution in [0.1, 0.15) is 32.1 Å². The molecule has 0 radical (unpaired) electrons. The van der Waals surface area contributed by atoms with Gasteiger partial charge in [-0.15, -0.1) is 0 Å². The lowest BCUT2D eigenvalue weighted by Gasteiger charge is -2.35. The average Bonchev–Trinajstić information content (AvgIpc) is 3.35. The van der Waals surface area contributed by atoms with Gasteiger partial charge in [0, 0.05) is 44.3 Å². The van der Waals surface area contributed by atoms with Crippen molar-refractivity contribution in [3.05, 3.63) is 0 Å². The quantitative estimate of drug-likeness (QED) is 0.754. The molecule has 23 heavy (non-hydrogen) atoms. The van der Waals surface area contributed by atoms with Gasteiger partial charge in [-0.3, -0.25) is 4.90 Å². The Morgan fingerprint density at radius 1 is 0.913 bits per heavy atom. The second-order valence-corrected chi connectivity index (χ2v) is 9.91. The van der Waals surface area contributed by atoms with Crippen LogP contribution in [0.15, 0.2) is 0 Å². The van der Waals surface area contributed by atoms with Gasteiger partial charge in [0.05, 0.1) is 18.5 Å². The highest BCUT2D eigenvalue weighted by molar-refractivity contribution is 7.90. The smallest absolute Gasteiger partial charge is 0.217 e. The summed E-state index contributed by atoms with van der Waals surface area (Å²) >= 11 is 0.